The predicted octanol–water partition coefficient (Wildman–Crippen LogP) is 23.6. The third-order valence-corrected chi connectivity index (χ3v) is 16.0. The lowest BCUT2D eigenvalue weighted by Crippen LogP contribution is -2.30. The van der Waals surface area contributed by atoms with E-state index >= 15 is 0 Å². The third-order valence-electron chi connectivity index (χ3n) is 16.0. The zero-order valence-electron chi connectivity index (χ0n) is 51.8. The SMILES string of the molecule is CCCCCC/C=C\CCCCCCCC(=O)OCC(COC(=O)CCCCCCCCCCCCCCCCCCCCCCCCCCC)OC(=O)CCCCCCCCCCCCCCCCCCCCCC. The van der Waals surface area contributed by atoms with E-state index in [2.05, 4.69) is 32.9 Å². The fraction of sp³-hybridized carbons (Fsp3) is 0.929. The molecule has 450 valence electrons. The molecule has 0 aliphatic rings. The summed E-state index contributed by atoms with van der Waals surface area (Å²) in [4.78, 5) is 38.4. The minimum atomic E-state index is -0.769. The average Bonchev–Trinajstić information content (AvgIpc) is 3.42. The maximum absolute atomic E-state index is 12.9. The number of hydrogen-bond acceptors (Lipinski definition) is 6. The van der Waals surface area contributed by atoms with Gasteiger partial charge in [-0.1, -0.05) is 348 Å². The standard InChI is InChI=1S/C70H134O6/c1-4-7-10-13-16-19-22-25-27-29-31-33-34-35-36-37-39-40-42-45-48-51-54-57-60-63-69(72)75-66-67(65-74-68(71)62-59-56-53-50-47-44-24-21-18-15-12-9-6-3)76-70(73)64-61-58-55-52-49-46-43-41-38-32-30-28-26-23-20-17-14-11-8-5-2/h21,24,67H,4-20,22-23,25-66H2,1-3H3/b24-21-. The summed E-state index contributed by atoms with van der Waals surface area (Å²) in [5.41, 5.74) is 0. The maximum atomic E-state index is 12.9. The van der Waals surface area contributed by atoms with Crippen molar-refractivity contribution in [3.8, 4) is 0 Å². The lowest BCUT2D eigenvalue weighted by atomic mass is 10.0. The van der Waals surface area contributed by atoms with Crippen LogP contribution in [-0.2, 0) is 28.6 Å². The first kappa shape index (κ1) is 74.2. The van der Waals surface area contributed by atoms with Crippen LogP contribution in [0.25, 0.3) is 0 Å². The first-order chi connectivity index (χ1) is 37.5. The highest BCUT2D eigenvalue weighted by Gasteiger charge is 2.19. The molecule has 0 rings (SSSR count). The van der Waals surface area contributed by atoms with Crippen LogP contribution in [0.1, 0.15) is 400 Å². The smallest absolute Gasteiger partial charge is 0.306 e. The fourth-order valence-electron chi connectivity index (χ4n) is 10.8. The Labute approximate surface area is 475 Å². The van der Waals surface area contributed by atoms with Crippen molar-refractivity contribution in [2.75, 3.05) is 13.2 Å². The van der Waals surface area contributed by atoms with Crippen molar-refractivity contribution < 1.29 is 28.6 Å². The molecule has 0 radical (unpaired) electrons. The molecule has 0 aromatic rings. The molecule has 0 saturated carbocycles. The zero-order valence-corrected chi connectivity index (χ0v) is 51.8. The van der Waals surface area contributed by atoms with E-state index in [0.717, 1.165) is 64.2 Å². The molecule has 6 nitrogen and oxygen atoms in total. The molecular weight excluding hydrogens is 937 g/mol. The van der Waals surface area contributed by atoms with Gasteiger partial charge in [-0.15, -0.1) is 0 Å². The first-order valence-corrected chi connectivity index (χ1v) is 34.7. The Morgan fingerprint density at radius 2 is 0.434 bits per heavy atom. The minimum Gasteiger partial charge on any atom is -0.462 e. The Kier molecular flexibility index (Phi) is 64.1. The minimum absolute atomic E-state index is 0.0657. The monoisotopic (exact) mass is 1070 g/mol. The van der Waals surface area contributed by atoms with Gasteiger partial charge >= 0.3 is 17.9 Å². The summed E-state index contributed by atoms with van der Waals surface area (Å²) in [7, 11) is 0. The Hall–Kier alpha value is -1.85. The highest BCUT2D eigenvalue weighted by atomic mass is 16.6. The highest BCUT2D eigenvalue weighted by Crippen LogP contribution is 2.19. The molecule has 0 fully saturated rings. The Morgan fingerprint density at radius 1 is 0.250 bits per heavy atom. The molecule has 0 aromatic carbocycles. The number of ether oxygens (including phenoxy) is 3. The molecular formula is C70H134O6. The molecule has 0 amide bonds. The zero-order chi connectivity index (χ0) is 55.0. The Morgan fingerprint density at radius 3 is 0.671 bits per heavy atom. The van der Waals surface area contributed by atoms with Crippen molar-refractivity contribution in [2.45, 2.75) is 406 Å². The summed E-state index contributed by atoms with van der Waals surface area (Å²) in [6, 6.07) is 0. The molecule has 76 heavy (non-hydrogen) atoms. The van der Waals surface area contributed by atoms with Crippen LogP contribution in [0.2, 0.25) is 0 Å². The molecule has 0 N–H and O–H groups in total. The summed E-state index contributed by atoms with van der Waals surface area (Å²) in [5.74, 6) is -0.841. The molecule has 0 aliphatic heterocycles. The summed E-state index contributed by atoms with van der Waals surface area (Å²) >= 11 is 0. The Balaban J connectivity index is 4.20. The van der Waals surface area contributed by atoms with Crippen LogP contribution in [0.5, 0.6) is 0 Å². The van der Waals surface area contributed by atoms with E-state index in [0.29, 0.717) is 19.3 Å². The van der Waals surface area contributed by atoms with E-state index in [9.17, 15) is 14.4 Å². The van der Waals surface area contributed by atoms with E-state index in [4.69, 9.17) is 14.2 Å². The summed E-state index contributed by atoms with van der Waals surface area (Å²) < 4.78 is 17.0. The molecule has 0 heterocycles. The predicted molar refractivity (Wildman–Crippen MR) is 330 cm³/mol. The summed E-state index contributed by atoms with van der Waals surface area (Å²) in [5, 5.41) is 0. The maximum Gasteiger partial charge on any atom is 0.306 e. The first-order valence-electron chi connectivity index (χ1n) is 34.7. The second-order valence-electron chi connectivity index (χ2n) is 23.8. The second-order valence-corrected chi connectivity index (χ2v) is 23.8. The van der Waals surface area contributed by atoms with Crippen molar-refractivity contribution in [1.29, 1.82) is 0 Å². The lowest BCUT2D eigenvalue weighted by molar-refractivity contribution is -0.167. The normalized spacial score (nSPS) is 12.0. The van der Waals surface area contributed by atoms with Crippen LogP contribution in [0.15, 0.2) is 12.2 Å². The third kappa shape index (κ3) is 63.0. The van der Waals surface area contributed by atoms with Gasteiger partial charge in [-0.2, -0.15) is 0 Å². The van der Waals surface area contributed by atoms with Crippen LogP contribution >= 0.6 is 0 Å². The Bertz CT molecular complexity index is 1180. The molecule has 0 aromatic heterocycles. The second kappa shape index (κ2) is 65.7. The molecule has 6 heteroatoms. The number of carbonyl (C=O) groups excluding carboxylic acids is 3. The van der Waals surface area contributed by atoms with Crippen molar-refractivity contribution in [1.82, 2.24) is 0 Å². The number of esters is 3. The molecule has 1 atom stereocenters. The quantitative estimate of drug-likeness (QED) is 0.0261. The lowest BCUT2D eigenvalue weighted by Gasteiger charge is -2.18. The van der Waals surface area contributed by atoms with Crippen LogP contribution in [0.4, 0.5) is 0 Å². The number of hydrogen-bond donors (Lipinski definition) is 0. The van der Waals surface area contributed by atoms with E-state index < -0.39 is 6.10 Å². The molecule has 0 bridgehead atoms. The van der Waals surface area contributed by atoms with Gasteiger partial charge in [-0.05, 0) is 44.9 Å². The van der Waals surface area contributed by atoms with Gasteiger partial charge in [0.15, 0.2) is 6.10 Å². The van der Waals surface area contributed by atoms with E-state index in [-0.39, 0.29) is 31.1 Å². The van der Waals surface area contributed by atoms with Crippen LogP contribution < -0.4 is 0 Å². The van der Waals surface area contributed by atoms with Gasteiger partial charge in [0.2, 0.25) is 0 Å². The molecule has 0 aliphatic carbocycles. The van der Waals surface area contributed by atoms with Crippen LogP contribution in [0, 0.1) is 0 Å². The summed E-state index contributed by atoms with van der Waals surface area (Å²) in [6.45, 7) is 6.71. The number of unbranched alkanes of at least 4 members (excludes halogenated alkanes) is 52. The van der Waals surface area contributed by atoms with Gasteiger partial charge in [0.1, 0.15) is 13.2 Å². The largest absolute Gasteiger partial charge is 0.462 e. The van der Waals surface area contributed by atoms with Gasteiger partial charge < -0.3 is 14.2 Å². The topological polar surface area (TPSA) is 78.9 Å². The van der Waals surface area contributed by atoms with E-state index in [1.807, 2.05) is 0 Å². The van der Waals surface area contributed by atoms with Crippen molar-refractivity contribution >= 4 is 17.9 Å². The van der Waals surface area contributed by atoms with Gasteiger partial charge in [0.05, 0.1) is 0 Å². The number of allylic oxidation sites excluding steroid dienone is 2. The van der Waals surface area contributed by atoms with Gasteiger partial charge in [-0.25, -0.2) is 0 Å². The van der Waals surface area contributed by atoms with Crippen molar-refractivity contribution in [3.05, 3.63) is 12.2 Å². The molecule has 0 spiro atoms. The van der Waals surface area contributed by atoms with Crippen molar-refractivity contribution in [2.24, 2.45) is 0 Å². The van der Waals surface area contributed by atoms with Gasteiger partial charge in [0, 0.05) is 19.3 Å². The van der Waals surface area contributed by atoms with Crippen LogP contribution in [-0.4, -0.2) is 37.2 Å². The highest BCUT2D eigenvalue weighted by molar-refractivity contribution is 5.71. The average molecular weight is 1070 g/mol. The van der Waals surface area contributed by atoms with Gasteiger partial charge in [-0.3, -0.25) is 14.4 Å². The number of carbonyl (C=O) groups is 3. The number of rotatable bonds is 65. The van der Waals surface area contributed by atoms with E-state index in [1.54, 1.807) is 0 Å². The van der Waals surface area contributed by atoms with Gasteiger partial charge in [0.25, 0.3) is 0 Å². The van der Waals surface area contributed by atoms with E-state index in [1.165, 1.54) is 295 Å². The summed E-state index contributed by atoms with van der Waals surface area (Å²) in [6.07, 6.45) is 78.1. The molecule has 1 unspecified atom stereocenters. The fourth-order valence-corrected chi connectivity index (χ4v) is 10.8. The molecule has 0 saturated heterocycles. The van der Waals surface area contributed by atoms with Crippen LogP contribution in [0.3, 0.4) is 0 Å². The van der Waals surface area contributed by atoms with Crippen molar-refractivity contribution in [3.63, 3.8) is 0 Å².